The van der Waals surface area contributed by atoms with Crippen molar-refractivity contribution in [1.82, 2.24) is 15.0 Å². The Labute approximate surface area is 206 Å². The summed E-state index contributed by atoms with van der Waals surface area (Å²) in [7, 11) is 0. The molecule has 2 aliphatic rings. The number of rotatable bonds is 8. The average molecular weight is 488 g/mol. The Bertz CT molecular complexity index is 988. The fraction of sp³-hybridized carbons (Fsp3) is 0.577. The monoisotopic (exact) mass is 487 g/mol. The summed E-state index contributed by atoms with van der Waals surface area (Å²) < 4.78 is 11.5. The minimum absolute atomic E-state index is 0.148. The van der Waals surface area contributed by atoms with E-state index in [0.717, 1.165) is 57.4 Å². The van der Waals surface area contributed by atoms with Gasteiger partial charge in [0.1, 0.15) is 11.5 Å². The quantitative estimate of drug-likeness (QED) is 0.524. The minimum atomic E-state index is -0.471. The highest BCUT2D eigenvalue weighted by atomic mass is 35.5. The molecule has 1 aromatic carbocycles. The maximum atomic E-state index is 13.3. The first-order valence-corrected chi connectivity index (χ1v) is 12.8. The number of carbonyl (C=O) groups is 2. The number of aryl methyl sites for hydroxylation is 1. The average Bonchev–Trinajstić information content (AvgIpc) is 3.32. The minimum Gasteiger partial charge on any atom is -0.493 e. The smallest absolute Gasteiger partial charge is 0.276 e. The number of likely N-dealkylation sites (tertiary alicyclic amines) is 2. The van der Waals surface area contributed by atoms with Gasteiger partial charge >= 0.3 is 0 Å². The van der Waals surface area contributed by atoms with E-state index in [1.807, 2.05) is 21.9 Å². The second-order valence-corrected chi connectivity index (χ2v) is 10.1. The SMILES string of the molecule is CCCc1cc(C(=O)N2CCC[C@@](COc3cccc(Cl)c3)(CC(=O)N3CCCCC3)C2)no1. The molecule has 0 radical (unpaired) electrons. The lowest BCUT2D eigenvalue weighted by atomic mass is 9.77. The Hall–Kier alpha value is -2.54. The van der Waals surface area contributed by atoms with Crippen molar-refractivity contribution in [2.45, 2.75) is 58.3 Å². The molecule has 184 valence electrons. The number of aromatic nitrogens is 1. The molecule has 1 atom stereocenters. The lowest BCUT2D eigenvalue weighted by Crippen LogP contribution is -2.51. The molecule has 0 saturated carbocycles. The molecule has 0 bridgehead atoms. The maximum absolute atomic E-state index is 13.3. The second-order valence-electron chi connectivity index (χ2n) is 9.62. The zero-order chi connectivity index (χ0) is 24.0. The summed E-state index contributed by atoms with van der Waals surface area (Å²) in [5.41, 5.74) is -0.141. The maximum Gasteiger partial charge on any atom is 0.276 e. The first-order chi connectivity index (χ1) is 16.5. The lowest BCUT2D eigenvalue weighted by Gasteiger charge is -2.43. The van der Waals surface area contributed by atoms with E-state index in [9.17, 15) is 9.59 Å². The topological polar surface area (TPSA) is 75.9 Å². The summed E-state index contributed by atoms with van der Waals surface area (Å²) in [6.07, 6.45) is 6.93. The predicted octanol–water partition coefficient (Wildman–Crippen LogP) is 4.98. The number of piperidine rings is 2. The molecule has 0 N–H and O–H groups in total. The van der Waals surface area contributed by atoms with Gasteiger partial charge in [0.2, 0.25) is 5.91 Å². The lowest BCUT2D eigenvalue weighted by molar-refractivity contribution is -0.136. The summed E-state index contributed by atoms with van der Waals surface area (Å²) >= 11 is 6.13. The zero-order valence-electron chi connectivity index (χ0n) is 19.9. The molecular weight excluding hydrogens is 454 g/mol. The molecule has 0 unspecified atom stereocenters. The number of hydrogen-bond donors (Lipinski definition) is 0. The van der Waals surface area contributed by atoms with Crippen molar-refractivity contribution in [3.8, 4) is 5.75 Å². The van der Waals surface area contributed by atoms with Gasteiger partial charge in [0.05, 0.1) is 6.61 Å². The number of nitrogens with zero attached hydrogens (tertiary/aromatic N) is 3. The number of benzene rings is 1. The van der Waals surface area contributed by atoms with Crippen LogP contribution in [0.1, 0.15) is 68.1 Å². The van der Waals surface area contributed by atoms with Crippen LogP contribution in [-0.2, 0) is 11.2 Å². The summed E-state index contributed by atoms with van der Waals surface area (Å²) in [6, 6.07) is 9.03. The Morgan fingerprint density at radius 3 is 2.68 bits per heavy atom. The van der Waals surface area contributed by atoms with Gasteiger partial charge in [0.15, 0.2) is 5.69 Å². The van der Waals surface area contributed by atoms with Gasteiger partial charge in [-0.1, -0.05) is 29.7 Å². The standard InChI is InChI=1S/C26H34ClN3O4/c1-2-8-22-16-23(28-34-22)25(32)30-14-7-11-26(18-30,17-24(31)29-12-4-3-5-13-29)19-33-21-10-6-9-20(27)15-21/h6,9-10,15-16H,2-5,7-8,11-14,17-19H2,1H3/t26-/m1/s1. The van der Waals surface area contributed by atoms with Gasteiger partial charge in [-0.15, -0.1) is 0 Å². The Morgan fingerprint density at radius 1 is 1.12 bits per heavy atom. The van der Waals surface area contributed by atoms with Crippen LogP contribution >= 0.6 is 11.6 Å². The molecule has 0 spiro atoms. The van der Waals surface area contributed by atoms with Crippen LogP contribution in [0, 0.1) is 5.41 Å². The van der Waals surface area contributed by atoms with Crippen LogP contribution in [-0.4, -0.2) is 59.6 Å². The van der Waals surface area contributed by atoms with Crippen LogP contribution in [0.2, 0.25) is 5.02 Å². The number of hydrogen-bond acceptors (Lipinski definition) is 5. The van der Waals surface area contributed by atoms with E-state index in [0.29, 0.717) is 42.6 Å². The fourth-order valence-corrected chi connectivity index (χ4v) is 5.18. The van der Waals surface area contributed by atoms with E-state index >= 15 is 0 Å². The van der Waals surface area contributed by atoms with Crippen LogP contribution in [0.3, 0.4) is 0 Å². The summed E-state index contributed by atoms with van der Waals surface area (Å²) in [4.78, 5) is 30.3. The number of amides is 2. The third kappa shape index (κ3) is 6.12. The van der Waals surface area contributed by atoms with Gasteiger partial charge in [0, 0.05) is 55.5 Å². The van der Waals surface area contributed by atoms with Crippen LogP contribution in [0.15, 0.2) is 34.9 Å². The van der Waals surface area contributed by atoms with Crippen molar-refractivity contribution in [2.75, 3.05) is 32.8 Å². The molecule has 2 amide bonds. The molecule has 2 aliphatic heterocycles. The Balaban J connectivity index is 1.51. The number of halogens is 1. The van der Waals surface area contributed by atoms with Gasteiger partial charge in [0.25, 0.3) is 5.91 Å². The summed E-state index contributed by atoms with van der Waals surface area (Å²) in [5.74, 6) is 1.39. The first-order valence-electron chi connectivity index (χ1n) is 12.4. The second kappa shape index (κ2) is 11.3. The summed E-state index contributed by atoms with van der Waals surface area (Å²) in [5, 5.41) is 4.61. The van der Waals surface area contributed by atoms with E-state index in [4.69, 9.17) is 20.9 Å². The van der Waals surface area contributed by atoms with Gasteiger partial charge < -0.3 is 19.1 Å². The highest BCUT2D eigenvalue weighted by Gasteiger charge is 2.41. The Kier molecular flexibility index (Phi) is 8.14. The molecule has 1 aromatic heterocycles. The normalized spacial score (nSPS) is 20.9. The van der Waals surface area contributed by atoms with Crippen LogP contribution in [0.4, 0.5) is 0 Å². The fourth-order valence-electron chi connectivity index (χ4n) is 5.00. The Morgan fingerprint density at radius 2 is 1.91 bits per heavy atom. The van der Waals surface area contributed by atoms with E-state index < -0.39 is 5.41 Å². The molecule has 4 rings (SSSR count). The van der Waals surface area contributed by atoms with Gasteiger partial charge in [-0.05, 0) is 56.7 Å². The molecule has 2 fully saturated rings. The van der Waals surface area contributed by atoms with E-state index in [-0.39, 0.29) is 11.8 Å². The zero-order valence-corrected chi connectivity index (χ0v) is 20.7. The van der Waals surface area contributed by atoms with E-state index in [2.05, 4.69) is 12.1 Å². The molecule has 8 heteroatoms. The van der Waals surface area contributed by atoms with E-state index in [1.54, 1.807) is 18.2 Å². The molecule has 34 heavy (non-hydrogen) atoms. The molecule has 3 heterocycles. The van der Waals surface area contributed by atoms with Crippen molar-refractivity contribution < 1.29 is 18.8 Å². The van der Waals surface area contributed by atoms with Crippen LogP contribution in [0.5, 0.6) is 5.75 Å². The molecule has 2 aromatic rings. The van der Waals surface area contributed by atoms with Crippen molar-refractivity contribution >= 4 is 23.4 Å². The first kappa shape index (κ1) is 24.6. The third-order valence-electron chi connectivity index (χ3n) is 6.80. The molecular formula is C26H34ClN3O4. The third-order valence-corrected chi connectivity index (χ3v) is 7.03. The largest absolute Gasteiger partial charge is 0.493 e. The number of carbonyl (C=O) groups excluding carboxylic acids is 2. The van der Waals surface area contributed by atoms with Crippen molar-refractivity contribution in [3.05, 3.63) is 46.8 Å². The van der Waals surface area contributed by atoms with Gasteiger partial charge in [-0.25, -0.2) is 0 Å². The van der Waals surface area contributed by atoms with Crippen LogP contribution < -0.4 is 4.74 Å². The van der Waals surface area contributed by atoms with Crippen molar-refractivity contribution in [2.24, 2.45) is 5.41 Å². The van der Waals surface area contributed by atoms with Crippen LogP contribution in [0.25, 0.3) is 0 Å². The molecule has 7 nitrogen and oxygen atoms in total. The highest BCUT2D eigenvalue weighted by molar-refractivity contribution is 6.30. The molecule has 0 aliphatic carbocycles. The van der Waals surface area contributed by atoms with Crippen molar-refractivity contribution in [1.29, 1.82) is 0 Å². The van der Waals surface area contributed by atoms with Crippen molar-refractivity contribution in [3.63, 3.8) is 0 Å². The highest BCUT2D eigenvalue weighted by Crippen LogP contribution is 2.36. The van der Waals surface area contributed by atoms with E-state index in [1.165, 1.54) is 6.42 Å². The van der Waals surface area contributed by atoms with Gasteiger partial charge in [-0.2, -0.15) is 0 Å². The molecule has 2 saturated heterocycles. The predicted molar refractivity (Wildman–Crippen MR) is 130 cm³/mol. The number of ether oxygens (including phenoxy) is 1. The summed E-state index contributed by atoms with van der Waals surface area (Å²) in [6.45, 7) is 5.10. The van der Waals surface area contributed by atoms with Gasteiger partial charge in [-0.3, -0.25) is 9.59 Å².